The first-order chi connectivity index (χ1) is 7.97. The lowest BCUT2D eigenvalue weighted by molar-refractivity contribution is -0.908. The molecule has 100 valence electrons. The first kappa shape index (κ1) is 14.3. The van der Waals surface area contributed by atoms with Crippen molar-refractivity contribution in [3.8, 4) is 0 Å². The zero-order valence-electron chi connectivity index (χ0n) is 11.3. The second-order valence-electron chi connectivity index (χ2n) is 5.60. The number of amides is 2. The molecular formula is C12H26N3O2+. The van der Waals surface area contributed by atoms with Gasteiger partial charge >= 0.3 is 6.03 Å². The van der Waals surface area contributed by atoms with Gasteiger partial charge < -0.3 is 20.3 Å². The summed E-state index contributed by atoms with van der Waals surface area (Å²) in [5.41, 5.74) is -0.167. The average molecular weight is 244 g/mol. The third kappa shape index (κ3) is 7.18. The Morgan fingerprint density at radius 2 is 1.94 bits per heavy atom. The van der Waals surface area contributed by atoms with E-state index in [9.17, 15) is 4.79 Å². The minimum Gasteiger partial charge on any atom is -0.370 e. The fraction of sp³-hybridized carbons (Fsp3) is 0.917. The zero-order chi connectivity index (χ0) is 12.7. The number of morpholine rings is 1. The number of hydrogen-bond donors (Lipinski definition) is 3. The summed E-state index contributed by atoms with van der Waals surface area (Å²) in [7, 11) is 0. The molecule has 0 aromatic carbocycles. The van der Waals surface area contributed by atoms with Gasteiger partial charge in [0.1, 0.15) is 13.1 Å². The van der Waals surface area contributed by atoms with Crippen LogP contribution in [0.2, 0.25) is 0 Å². The minimum absolute atomic E-state index is 0.0746. The van der Waals surface area contributed by atoms with Crippen LogP contribution in [0.1, 0.15) is 27.2 Å². The van der Waals surface area contributed by atoms with Gasteiger partial charge in [-0.25, -0.2) is 4.79 Å². The Labute approximate surface area is 104 Å². The fourth-order valence-electron chi connectivity index (χ4n) is 1.84. The van der Waals surface area contributed by atoms with Gasteiger partial charge in [0.2, 0.25) is 0 Å². The summed E-state index contributed by atoms with van der Waals surface area (Å²) in [5.74, 6) is 0. The van der Waals surface area contributed by atoms with Crippen molar-refractivity contribution >= 4 is 6.03 Å². The van der Waals surface area contributed by atoms with Crippen molar-refractivity contribution in [3.63, 3.8) is 0 Å². The minimum atomic E-state index is -0.167. The highest BCUT2D eigenvalue weighted by atomic mass is 16.5. The van der Waals surface area contributed by atoms with Gasteiger partial charge in [0.15, 0.2) is 0 Å². The third-order valence-electron chi connectivity index (χ3n) is 2.68. The highest BCUT2D eigenvalue weighted by Crippen LogP contribution is 1.97. The van der Waals surface area contributed by atoms with Gasteiger partial charge in [0.05, 0.1) is 19.8 Å². The van der Waals surface area contributed by atoms with Crippen LogP contribution < -0.4 is 15.5 Å². The number of nitrogens with one attached hydrogen (secondary N) is 3. The number of carbonyl (C=O) groups excluding carboxylic acids is 1. The van der Waals surface area contributed by atoms with Crippen LogP contribution in [0.4, 0.5) is 4.79 Å². The molecular weight excluding hydrogens is 218 g/mol. The van der Waals surface area contributed by atoms with E-state index in [-0.39, 0.29) is 11.6 Å². The molecule has 0 aliphatic carbocycles. The van der Waals surface area contributed by atoms with Crippen LogP contribution in [0.3, 0.4) is 0 Å². The van der Waals surface area contributed by atoms with Gasteiger partial charge in [-0.2, -0.15) is 0 Å². The van der Waals surface area contributed by atoms with Crippen LogP contribution >= 0.6 is 0 Å². The van der Waals surface area contributed by atoms with Crippen molar-refractivity contribution in [2.24, 2.45) is 0 Å². The molecule has 1 saturated heterocycles. The van der Waals surface area contributed by atoms with E-state index in [4.69, 9.17) is 4.74 Å². The maximum absolute atomic E-state index is 11.5. The van der Waals surface area contributed by atoms with E-state index in [1.54, 1.807) is 4.90 Å². The molecule has 0 bridgehead atoms. The maximum atomic E-state index is 11.5. The van der Waals surface area contributed by atoms with Crippen LogP contribution in [0.25, 0.3) is 0 Å². The summed E-state index contributed by atoms with van der Waals surface area (Å²) >= 11 is 0. The van der Waals surface area contributed by atoms with Crippen molar-refractivity contribution in [1.82, 2.24) is 10.6 Å². The summed E-state index contributed by atoms with van der Waals surface area (Å²) in [6.45, 7) is 11.7. The Morgan fingerprint density at radius 1 is 1.29 bits per heavy atom. The second-order valence-corrected chi connectivity index (χ2v) is 5.60. The van der Waals surface area contributed by atoms with Crippen LogP contribution in [0, 0.1) is 0 Å². The predicted molar refractivity (Wildman–Crippen MR) is 67.3 cm³/mol. The second kappa shape index (κ2) is 6.81. The quantitative estimate of drug-likeness (QED) is 0.578. The van der Waals surface area contributed by atoms with E-state index in [1.165, 1.54) is 0 Å². The van der Waals surface area contributed by atoms with Crippen LogP contribution in [-0.4, -0.2) is 51.0 Å². The Kier molecular flexibility index (Phi) is 5.71. The Balaban J connectivity index is 2.01. The molecule has 0 spiro atoms. The fourth-order valence-corrected chi connectivity index (χ4v) is 1.84. The number of rotatable bonds is 4. The average Bonchev–Trinajstić information content (AvgIpc) is 2.23. The number of hydrogen-bond acceptors (Lipinski definition) is 2. The van der Waals surface area contributed by atoms with E-state index < -0.39 is 0 Å². The highest BCUT2D eigenvalue weighted by molar-refractivity contribution is 5.74. The number of urea groups is 1. The van der Waals surface area contributed by atoms with Crippen molar-refractivity contribution < 1.29 is 14.4 Å². The molecule has 3 N–H and O–H groups in total. The van der Waals surface area contributed by atoms with Crippen molar-refractivity contribution in [2.45, 2.75) is 32.7 Å². The van der Waals surface area contributed by atoms with Gasteiger partial charge in [-0.1, -0.05) is 0 Å². The van der Waals surface area contributed by atoms with Gasteiger partial charge in [-0.3, -0.25) is 0 Å². The molecule has 17 heavy (non-hydrogen) atoms. The molecule has 0 radical (unpaired) electrons. The third-order valence-corrected chi connectivity index (χ3v) is 2.68. The summed E-state index contributed by atoms with van der Waals surface area (Å²) < 4.78 is 5.30. The summed E-state index contributed by atoms with van der Waals surface area (Å²) in [6.07, 6.45) is 1.02. The molecule has 0 aromatic heterocycles. The van der Waals surface area contributed by atoms with Gasteiger partial charge in [0, 0.05) is 18.5 Å². The smallest absolute Gasteiger partial charge is 0.315 e. The molecule has 1 heterocycles. The van der Waals surface area contributed by atoms with E-state index in [0.717, 1.165) is 45.8 Å². The molecule has 1 aliphatic heterocycles. The Morgan fingerprint density at radius 3 is 2.53 bits per heavy atom. The van der Waals surface area contributed by atoms with Crippen molar-refractivity contribution in [3.05, 3.63) is 0 Å². The monoisotopic (exact) mass is 244 g/mol. The largest absolute Gasteiger partial charge is 0.370 e. The summed E-state index contributed by atoms with van der Waals surface area (Å²) in [6, 6.07) is -0.0746. The molecule has 5 heteroatoms. The SMILES string of the molecule is CC(C)(C)NC(=O)NCCC[NH+]1CCOCC1. The first-order valence-corrected chi connectivity index (χ1v) is 6.45. The zero-order valence-corrected chi connectivity index (χ0v) is 11.3. The molecule has 1 aliphatic rings. The van der Waals surface area contributed by atoms with Crippen LogP contribution in [0.5, 0.6) is 0 Å². The standard InChI is InChI=1S/C12H25N3O2/c1-12(2,3)14-11(16)13-5-4-6-15-7-9-17-10-8-15/h4-10H2,1-3H3,(H2,13,14,16)/p+1. The highest BCUT2D eigenvalue weighted by Gasteiger charge is 2.14. The van der Waals surface area contributed by atoms with Gasteiger partial charge in [0.25, 0.3) is 0 Å². The molecule has 0 aromatic rings. The molecule has 0 unspecified atom stereocenters. The molecule has 5 nitrogen and oxygen atoms in total. The van der Waals surface area contributed by atoms with E-state index in [0.29, 0.717) is 0 Å². The van der Waals surface area contributed by atoms with Crippen molar-refractivity contribution in [1.29, 1.82) is 0 Å². The first-order valence-electron chi connectivity index (χ1n) is 6.45. The van der Waals surface area contributed by atoms with Gasteiger partial charge in [-0.05, 0) is 20.8 Å². The van der Waals surface area contributed by atoms with Gasteiger partial charge in [-0.15, -0.1) is 0 Å². The summed E-state index contributed by atoms with van der Waals surface area (Å²) in [5, 5.41) is 5.76. The molecule has 1 fully saturated rings. The topological polar surface area (TPSA) is 54.8 Å². The lowest BCUT2D eigenvalue weighted by atomic mass is 10.1. The van der Waals surface area contributed by atoms with E-state index in [1.807, 2.05) is 20.8 Å². The lowest BCUT2D eigenvalue weighted by Crippen LogP contribution is -3.14. The Hall–Kier alpha value is -0.810. The molecule has 1 rings (SSSR count). The lowest BCUT2D eigenvalue weighted by Gasteiger charge is -2.24. The predicted octanol–water partition coefficient (Wildman–Crippen LogP) is -0.611. The van der Waals surface area contributed by atoms with Crippen molar-refractivity contribution in [2.75, 3.05) is 39.4 Å². The van der Waals surface area contributed by atoms with E-state index >= 15 is 0 Å². The van der Waals surface area contributed by atoms with Crippen LogP contribution in [0.15, 0.2) is 0 Å². The summed E-state index contributed by atoms with van der Waals surface area (Å²) in [4.78, 5) is 13.0. The van der Waals surface area contributed by atoms with Crippen LogP contribution in [-0.2, 0) is 4.74 Å². The number of quaternary nitrogens is 1. The maximum Gasteiger partial charge on any atom is 0.315 e. The van der Waals surface area contributed by atoms with E-state index in [2.05, 4.69) is 10.6 Å². The number of ether oxygens (including phenoxy) is 1. The molecule has 0 saturated carbocycles. The normalized spacial score (nSPS) is 17.8. The number of carbonyl (C=O) groups is 1. The molecule has 2 amide bonds. The Bertz CT molecular complexity index is 232. The molecule has 0 atom stereocenters.